The lowest BCUT2D eigenvalue weighted by Crippen LogP contribution is -2.20. The maximum absolute atomic E-state index is 11.8. The molecule has 2 aromatic carbocycles. The van der Waals surface area contributed by atoms with Crippen molar-refractivity contribution in [1.29, 1.82) is 0 Å². The molecule has 0 spiro atoms. The molecular weight excluding hydrogens is 318 g/mol. The van der Waals surface area contributed by atoms with E-state index in [-0.39, 0.29) is 12.5 Å². The highest BCUT2D eigenvalue weighted by atomic mass is 79.9. The zero-order valence-corrected chi connectivity index (χ0v) is 13.0. The first-order chi connectivity index (χ1) is 9.54. The first-order valence-electron chi connectivity index (χ1n) is 6.30. The minimum atomic E-state index is -0.174. The van der Waals surface area contributed by atoms with E-state index in [1.807, 2.05) is 56.3 Å². The number of rotatable bonds is 4. The number of aryl methyl sites for hydroxylation is 2. The van der Waals surface area contributed by atoms with Gasteiger partial charge in [-0.15, -0.1) is 0 Å². The van der Waals surface area contributed by atoms with E-state index in [4.69, 9.17) is 4.74 Å². The van der Waals surface area contributed by atoms with Gasteiger partial charge in [-0.3, -0.25) is 4.79 Å². The number of benzene rings is 2. The fraction of sp³-hybridized carbons (Fsp3) is 0.188. The Morgan fingerprint density at radius 3 is 2.50 bits per heavy atom. The normalized spacial score (nSPS) is 10.2. The fourth-order valence-electron chi connectivity index (χ4n) is 1.83. The number of halogens is 1. The van der Waals surface area contributed by atoms with Crippen LogP contribution in [-0.4, -0.2) is 12.5 Å². The number of amides is 1. The lowest BCUT2D eigenvalue weighted by molar-refractivity contribution is -0.118. The predicted molar refractivity (Wildman–Crippen MR) is 84.2 cm³/mol. The van der Waals surface area contributed by atoms with Crippen LogP contribution in [0.15, 0.2) is 46.9 Å². The van der Waals surface area contributed by atoms with Crippen molar-refractivity contribution >= 4 is 27.5 Å². The maximum atomic E-state index is 11.8. The van der Waals surface area contributed by atoms with Crippen molar-refractivity contribution < 1.29 is 9.53 Å². The van der Waals surface area contributed by atoms with E-state index in [2.05, 4.69) is 21.2 Å². The molecule has 0 unspecified atom stereocenters. The Morgan fingerprint density at radius 1 is 1.15 bits per heavy atom. The Hall–Kier alpha value is -1.81. The number of ether oxygens (including phenoxy) is 1. The molecule has 20 heavy (non-hydrogen) atoms. The van der Waals surface area contributed by atoms with Crippen molar-refractivity contribution in [3.63, 3.8) is 0 Å². The van der Waals surface area contributed by atoms with Gasteiger partial charge in [-0.1, -0.05) is 33.6 Å². The van der Waals surface area contributed by atoms with Crippen LogP contribution in [0.3, 0.4) is 0 Å². The van der Waals surface area contributed by atoms with E-state index in [1.54, 1.807) is 0 Å². The summed E-state index contributed by atoms with van der Waals surface area (Å²) in [6.07, 6.45) is 0. The molecule has 0 aliphatic heterocycles. The van der Waals surface area contributed by atoms with Crippen LogP contribution in [0.25, 0.3) is 0 Å². The zero-order valence-electron chi connectivity index (χ0n) is 11.4. The molecule has 104 valence electrons. The Bertz CT molecular complexity index is 608. The molecule has 0 radical (unpaired) electrons. The van der Waals surface area contributed by atoms with E-state index in [9.17, 15) is 4.79 Å². The summed E-state index contributed by atoms with van der Waals surface area (Å²) in [5.74, 6) is 0.564. The molecule has 0 bridgehead atoms. The molecule has 0 saturated carbocycles. The van der Waals surface area contributed by atoms with Gasteiger partial charge in [0.1, 0.15) is 5.75 Å². The van der Waals surface area contributed by atoms with Crippen LogP contribution in [0.2, 0.25) is 0 Å². The summed E-state index contributed by atoms with van der Waals surface area (Å²) in [5.41, 5.74) is 2.96. The zero-order chi connectivity index (χ0) is 14.5. The van der Waals surface area contributed by atoms with Crippen molar-refractivity contribution in [1.82, 2.24) is 0 Å². The van der Waals surface area contributed by atoms with Gasteiger partial charge in [0, 0.05) is 10.2 Å². The summed E-state index contributed by atoms with van der Waals surface area (Å²) in [5, 5.41) is 2.79. The van der Waals surface area contributed by atoms with Crippen LogP contribution in [0.4, 0.5) is 5.69 Å². The number of nitrogens with one attached hydrogen (secondary N) is 1. The van der Waals surface area contributed by atoms with E-state index < -0.39 is 0 Å². The minimum absolute atomic E-state index is 0.0000348. The molecule has 0 aliphatic carbocycles. The van der Waals surface area contributed by atoms with Crippen LogP contribution in [0.1, 0.15) is 11.1 Å². The van der Waals surface area contributed by atoms with E-state index >= 15 is 0 Å². The third kappa shape index (κ3) is 4.10. The second kappa shape index (κ2) is 6.57. The Balaban J connectivity index is 1.90. The molecule has 2 rings (SSSR count). The third-order valence-electron chi connectivity index (χ3n) is 2.82. The highest BCUT2D eigenvalue weighted by Crippen LogP contribution is 2.19. The van der Waals surface area contributed by atoms with Gasteiger partial charge < -0.3 is 10.1 Å². The molecule has 0 heterocycles. The Morgan fingerprint density at radius 2 is 1.85 bits per heavy atom. The lowest BCUT2D eigenvalue weighted by atomic mass is 10.1. The highest BCUT2D eigenvalue weighted by Gasteiger charge is 2.05. The van der Waals surface area contributed by atoms with Crippen LogP contribution in [0.5, 0.6) is 5.75 Å². The van der Waals surface area contributed by atoms with Crippen LogP contribution in [0, 0.1) is 13.8 Å². The molecule has 0 aromatic heterocycles. The largest absolute Gasteiger partial charge is 0.483 e. The molecule has 0 saturated heterocycles. The van der Waals surface area contributed by atoms with Crippen molar-refractivity contribution in [3.05, 3.63) is 58.1 Å². The van der Waals surface area contributed by atoms with Gasteiger partial charge in [0.15, 0.2) is 6.61 Å². The monoisotopic (exact) mass is 333 g/mol. The quantitative estimate of drug-likeness (QED) is 0.915. The van der Waals surface area contributed by atoms with E-state index in [0.717, 1.165) is 21.5 Å². The fourth-order valence-corrected chi connectivity index (χ4v) is 2.10. The van der Waals surface area contributed by atoms with Gasteiger partial charge in [-0.2, -0.15) is 0 Å². The number of hydrogen-bond donors (Lipinski definition) is 1. The minimum Gasteiger partial charge on any atom is -0.483 e. The van der Waals surface area contributed by atoms with Gasteiger partial charge >= 0.3 is 0 Å². The van der Waals surface area contributed by atoms with Crippen LogP contribution >= 0.6 is 15.9 Å². The molecular formula is C16H16BrNO2. The van der Waals surface area contributed by atoms with Crippen LogP contribution < -0.4 is 10.1 Å². The van der Waals surface area contributed by atoms with Crippen molar-refractivity contribution in [2.45, 2.75) is 13.8 Å². The summed E-state index contributed by atoms with van der Waals surface area (Å²) in [6.45, 7) is 3.99. The Labute approximate surface area is 127 Å². The van der Waals surface area contributed by atoms with Gasteiger partial charge in [0.2, 0.25) is 0 Å². The van der Waals surface area contributed by atoms with Gasteiger partial charge in [0.05, 0.1) is 0 Å². The second-order valence-corrected chi connectivity index (χ2v) is 5.53. The topological polar surface area (TPSA) is 38.3 Å². The van der Waals surface area contributed by atoms with Crippen molar-refractivity contribution in [2.75, 3.05) is 11.9 Å². The number of anilines is 1. The van der Waals surface area contributed by atoms with E-state index in [0.29, 0.717) is 0 Å². The van der Waals surface area contributed by atoms with Crippen LogP contribution in [-0.2, 0) is 4.79 Å². The molecule has 3 nitrogen and oxygen atoms in total. The smallest absolute Gasteiger partial charge is 0.262 e. The van der Waals surface area contributed by atoms with Gasteiger partial charge in [0.25, 0.3) is 5.91 Å². The lowest BCUT2D eigenvalue weighted by Gasteiger charge is -2.10. The first kappa shape index (κ1) is 14.6. The summed E-state index contributed by atoms with van der Waals surface area (Å²) in [6, 6.07) is 13.3. The summed E-state index contributed by atoms with van der Waals surface area (Å²) in [4.78, 5) is 11.8. The summed E-state index contributed by atoms with van der Waals surface area (Å²) < 4.78 is 6.50. The SMILES string of the molecule is Cc1ccc(OCC(=O)Nc2ccc(Br)cc2)c(C)c1. The summed E-state index contributed by atoms with van der Waals surface area (Å²) >= 11 is 3.35. The van der Waals surface area contributed by atoms with Gasteiger partial charge in [-0.05, 0) is 49.7 Å². The van der Waals surface area contributed by atoms with Gasteiger partial charge in [-0.25, -0.2) is 0 Å². The predicted octanol–water partition coefficient (Wildman–Crippen LogP) is 4.08. The molecule has 1 N–H and O–H groups in total. The number of hydrogen-bond acceptors (Lipinski definition) is 2. The molecule has 0 atom stereocenters. The van der Waals surface area contributed by atoms with E-state index in [1.165, 1.54) is 5.56 Å². The maximum Gasteiger partial charge on any atom is 0.262 e. The summed E-state index contributed by atoms with van der Waals surface area (Å²) in [7, 11) is 0. The molecule has 2 aromatic rings. The third-order valence-corrected chi connectivity index (χ3v) is 3.35. The number of carbonyl (C=O) groups excluding carboxylic acids is 1. The van der Waals surface area contributed by atoms with Crippen molar-refractivity contribution in [2.24, 2.45) is 0 Å². The number of carbonyl (C=O) groups is 1. The highest BCUT2D eigenvalue weighted by molar-refractivity contribution is 9.10. The average molecular weight is 334 g/mol. The molecule has 0 fully saturated rings. The molecule has 4 heteroatoms. The first-order valence-corrected chi connectivity index (χ1v) is 7.09. The molecule has 1 amide bonds. The Kier molecular flexibility index (Phi) is 4.79. The van der Waals surface area contributed by atoms with Crippen molar-refractivity contribution in [3.8, 4) is 5.75 Å². The standard InChI is InChI=1S/C16H16BrNO2/c1-11-3-8-15(12(2)9-11)20-10-16(19)18-14-6-4-13(17)5-7-14/h3-9H,10H2,1-2H3,(H,18,19). The second-order valence-electron chi connectivity index (χ2n) is 4.61. The molecule has 0 aliphatic rings. The average Bonchev–Trinajstić information content (AvgIpc) is 2.40.